The van der Waals surface area contributed by atoms with Crippen molar-refractivity contribution in [3.8, 4) is 0 Å². The summed E-state index contributed by atoms with van der Waals surface area (Å²) in [6, 6.07) is 0. The Morgan fingerprint density at radius 2 is 0.631 bits per heavy atom. The Morgan fingerprint density at radius 3 is 1.00 bits per heavy atom. The van der Waals surface area contributed by atoms with Crippen molar-refractivity contribution in [1.29, 1.82) is 0 Å². The van der Waals surface area contributed by atoms with Gasteiger partial charge in [-0.15, -0.1) is 0 Å². The van der Waals surface area contributed by atoms with Crippen molar-refractivity contribution in [3.63, 3.8) is 0 Å². The fraction of sp³-hybridized carbons (Fsp3) is 0.644. The van der Waals surface area contributed by atoms with Crippen LogP contribution in [0.1, 0.15) is 226 Å². The number of esters is 3. The highest BCUT2D eigenvalue weighted by atomic mass is 16.6. The molecule has 0 aliphatic rings. The molecule has 0 spiro atoms. The van der Waals surface area contributed by atoms with E-state index in [0.717, 1.165) is 109 Å². The highest BCUT2D eigenvalue weighted by molar-refractivity contribution is 5.71. The zero-order chi connectivity index (χ0) is 47.2. The fourth-order valence-corrected chi connectivity index (χ4v) is 6.89. The lowest BCUT2D eigenvalue weighted by atomic mass is 10.0. The maximum atomic E-state index is 12.7. The van der Waals surface area contributed by atoms with Gasteiger partial charge in [0.2, 0.25) is 0 Å². The van der Waals surface area contributed by atoms with Gasteiger partial charge >= 0.3 is 17.9 Å². The molecule has 0 saturated heterocycles. The molecule has 65 heavy (non-hydrogen) atoms. The molecule has 0 N–H and O–H groups in total. The predicted octanol–water partition coefficient (Wildman–Crippen LogP) is 17.5. The minimum Gasteiger partial charge on any atom is -0.462 e. The third kappa shape index (κ3) is 50.9. The summed E-state index contributed by atoms with van der Waals surface area (Å²) in [5.41, 5.74) is 0. The van der Waals surface area contributed by atoms with E-state index < -0.39 is 12.1 Å². The van der Waals surface area contributed by atoms with E-state index in [-0.39, 0.29) is 31.6 Å². The van der Waals surface area contributed by atoms with E-state index in [1.54, 1.807) is 0 Å². The summed E-state index contributed by atoms with van der Waals surface area (Å²) in [5, 5.41) is 0. The van der Waals surface area contributed by atoms with Crippen molar-refractivity contribution >= 4 is 17.9 Å². The molecule has 6 heteroatoms. The number of carbonyl (C=O) groups excluding carboxylic acids is 3. The van der Waals surface area contributed by atoms with E-state index in [2.05, 4.69) is 118 Å². The monoisotopic (exact) mass is 901 g/mol. The van der Waals surface area contributed by atoms with Gasteiger partial charge in [0.25, 0.3) is 0 Å². The van der Waals surface area contributed by atoms with Gasteiger partial charge in [-0.25, -0.2) is 0 Å². The SMILES string of the molecule is CC/C=C\C/C=C\C/C=C\C/C=C\C/C=C\CCCCCCCCCCCCCCCC(=O)OCC(COC(=O)CCCCCCC)OC(=O)CC/C=C\C/C=C\C/C=C\C/C=C\CC. The van der Waals surface area contributed by atoms with Gasteiger partial charge in [0.05, 0.1) is 0 Å². The summed E-state index contributed by atoms with van der Waals surface area (Å²) in [6.45, 7) is 6.24. The molecule has 6 nitrogen and oxygen atoms in total. The lowest BCUT2D eigenvalue weighted by Crippen LogP contribution is -2.30. The Morgan fingerprint density at radius 1 is 0.323 bits per heavy atom. The van der Waals surface area contributed by atoms with Gasteiger partial charge in [-0.3, -0.25) is 14.4 Å². The lowest BCUT2D eigenvalue weighted by Gasteiger charge is -2.18. The van der Waals surface area contributed by atoms with Gasteiger partial charge < -0.3 is 14.2 Å². The van der Waals surface area contributed by atoms with Crippen molar-refractivity contribution in [2.24, 2.45) is 0 Å². The maximum Gasteiger partial charge on any atom is 0.306 e. The first-order chi connectivity index (χ1) is 32.0. The minimum absolute atomic E-state index is 0.108. The van der Waals surface area contributed by atoms with Crippen molar-refractivity contribution in [1.82, 2.24) is 0 Å². The Balaban J connectivity index is 4.08. The zero-order valence-electron chi connectivity index (χ0n) is 42.0. The molecule has 0 radical (unpaired) electrons. The third-order valence-corrected chi connectivity index (χ3v) is 10.8. The van der Waals surface area contributed by atoms with Crippen LogP contribution in [0.15, 0.2) is 109 Å². The molecule has 0 aliphatic heterocycles. The first-order valence-electron chi connectivity index (χ1n) is 26.4. The van der Waals surface area contributed by atoms with Crippen LogP contribution in [0.25, 0.3) is 0 Å². The van der Waals surface area contributed by atoms with Crippen LogP contribution < -0.4 is 0 Å². The van der Waals surface area contributed by atoms with Crippen LogP contribution in [0.3, 0.4) is 0 Å². The summed E-state index contributed by atoms with van der Waals surface area (Å²) in [6.07, 6.45) is 71.5. The number of ether oxygens (including phenoxy) is 3. The van der Waals surface area contributed by atoms with E-state index in [1.165, 1.54) is 70.6 Å². The third-order valence-electron chi connectivity index (χ3n) is 10.8. The molecular formula is C59H96O6. The van der Waals surface area contributed by atoms with Gasteiger partial charge in [-0.1, -0.05) is 226 Å². The predicted molar refractivity (Wildman–Crippen MR) is 279 cm³/mol. The molecule has 368 valence electrons. The van der Waals surface area contributed by atoms with Crippen molar-refractivity contribution < 1.29 is 28.6 Å². The highest BCUT2D eigenvalue weighted by Gasteiger charge is 2.19. The molecular weight excluding hydrogens is 805 g/mol. The van der Waals surface area contributed by atoms with E-state index in [1.807, 2.05) is 12.2 Å². The van der Waals surface area contributed by atoms with E-state index >= 15 is 0 Å². The molecule has 0 rings (SSSR count). The average molecular weight is 901 g/mol. The van der Waals surface area contributed by atoms with E-state index in [4.69, 9.17) is 14.2 Å². The standard InChI is InChI=1S/C59H96O6/c1-4-7-10-13-15-17-19-21-22-23-24-25-26-27-28-29-30-31-32-33-34-35-36-38-39-41-43-46-49-52-58(61)64-55-56(54-63-57(60)51-48-45-12-9-6-3)65-59(62)53-50-47-44-42-40-37-20-18-16-14-11-8-5-2/h7-8,10-11,15-18,21-22,24-25,27-28,37,40,44,47,56H,4-6,9,12-14,19-20,23,26,29-36,38-39,41-43,45-46,48-55H2,1-3H3/b10-7-,11-8-,17-15-,18-16-,22-21-,25-24-,28-27-,40-37-,47-44-. The molecule has 0 aromatic carbocycles. The van der Waals surface area contributed by atoms with Crippen LogP contribution in [0.2, 0.25) is 0 Å². The molecule has 0 amide bonds. The van der Waals surface area contributed by atoms with Crippen molar-refractivity contribution in [2.75, 3.05) is 13.2 Å². The summed E-state index contributed by atoms with van der Waals surface area (Å²) in [7, 11) is 0. The average Bonchev–Trinajstić information content (AvgIpc) is 3.30. The van der Waals surface area contributed by atoms with Crippen molar-refractivity contribution in [3.05, 3.63) is 109 Å². The summed E-state index contributed by atoms with van der Waals surface area (Å²) in [5.74, 6) is -1.01. The second-order valence-electron chi connectivity index (χ2n) is 17.0. The van der Waals surface area contributed by atoms with Crippen LogP contribution in [0.5, 0.6) is 0 Å². The number of unbranched alkanes of at least 4 members (excludes halogenated alkanes) is 17. The molecule has 0 aromatic heterocycles. The number of hydrogen-bond donors (Lipinski definition) is 0. The molecule has 0 fully saturated rings. The van der Waals surface area contributed by atoms with Crippen LogP contribution in [0, 0.1) is 0 Å². The largest absolute Gasteiger partial charge is 0.462 e. The summed E-state index contributed by atoms with van der Waals surface area (Å²) >= 11 is 0. The Hall–Kier alpha value is -3.93. The summed E-state index contributed by atoms with van der Waals surface area (Å²) < 4.78 is 16.6. The maximum absolute atomic E-state index is 12.7. The van der Waals surface area contributed by atoms with E-state index in [0.29, 0.717) is 19.3 Å². The molecule has 0 heterocycles. The Labute approximate surface area is 400 Å². The Bertz CT molecular complexity index is 1360. The molecule has 1 unspecified atom stereocenters. The van der Waals surface area contributed by atoms with Gasteiger partial charge in [0.1, 0.15) is 13.2 Å². The quantitative estimate of drug-likeness (QED) is 0.0262. The van der Waals surface area contributed by atoms with Gasteiger partial charge in [0.15, 0.2) is 6.10 Å². The molecule has 1 atom stereocenters. The number of allylic oxidation sites excluding steroid dienone is 18. The smallest absolute Gasteiger partial charge is 0.306 e. The number of carbonyl (C=O) groups is 3. The molecule has 0 aliphatic carbocycles. The second kappa shape index (κ2) is 52.7. The summed E-state index contributed by atoms with van der Waals surface area (Å²) in [4.78, 5) is 37.6. The molecule has 0 bridgehead atoms. The topological polar surface area (TPSA) is 78.9 Å². The number of rotatable bonds is 46. The van der Waals surface area contributed by atoms with Crippen LogP contribution in [-0.4, -0.2) is 37.2 Å². The second-order valence-corrected chi connectivity index (χ2v) is 17.0. The van der Waals surface area contributed by atoms with Gasteiger partial charge in [-0.2, -0.15) is 0 Å². The highest BCUT2D eigenvalue weighted by Crippen LogP contribution is 2.14. The van der Waals surface area contributed by atoms with E-state index in [9.17, 15) is 14.4 Å². The van der Waals surface area contributed by atoms with Gasteiger partial charge in [-0.05, 0) is 89.9 Å². The lowest BCUT2D eigenvalue weighted by molar-refractivity contribution is -0.166. The number of hydrogen-bond acceptors (Lipinski definition) is 6. The van der Waals surface area contributed by atoms with Crippen molar-refractivity contribution in [2.45, 2.75) is 232 Å². The van der Waals surface area contributed by atoms with Crippen LogP contribution >= 0.6 is 0 Å². The fourth-order valence-electron chi connectivity index (χ4n) is 6.89. The van der Waals surface area contributed by atoms with Crippen LogP contribution in [0.4, 0.5) is 0 Å². The normalized spacial score (nSPS) is 13.0. The zero-order valence-corrected chi connectivity index (χ0v) is 42.0. The van der Waals surface area contributed by atoms with Gasteiger partial charge in [0, 0.05) is 19.3 Å². The molecule has 0 aromatic rings. The minimum atomic E-state index is -0.812. The first kappa shape index (κ1) is 61.1. The van der Waals surface area contributed by atoms with Crippen LogP contribution in [-0.2, 0) is 28.6 Å². The molecule has 0 saturated carbocycles. The first-order valence-corrected chi connectivity index (χ1v) is 26.4. The Kier molecular flexibility index (Phi) is 49.5.